The smallest absolute Gasteiger partial charge is 0.210 e. The van der Waals surface area contributed by atoms with Crippen LogP contribution in [0.3, 0.4) is 0 Å². The van der Waals surface area contributed by atoms with E-state index in [0.29, 0.717) is 12.8 Å². The fourth-order valence-electron chi connectivity index (χ4n) is 14.2. The number of anilines is 2. The summed E-state index contributed by atoms with van der Waals surface area (Å²) >= 11 is 0. The molecule has 3 unspecified atom stereocenters. The normalized spacial score (nSPS) is 22.1. The second-order valence-corrected chi connectivity index (χ2v) is 23.6. The third-order valence-corrected chi connectivity index (χ3v) is 18.2. The Labute approximate surface area is 447 Å². The Balaban J connectivity index is 0.980. The molecule has 0 fully saturated rings. The van der Waals surface area contributed by atoms with Crippen LogP contribution in [0.15, 0.2) is 181 Å². The molecule has 7 aromatic carbocycles. The molecule has 5 nitrogen and oxygen atoms in total. The summed E-state index contributed by atoms with van der Waals surface area (Å²) in [6, 6.07) is 49.5. The number of allylic oxidation sites excluding steroid dienone is 8. The number of aliphatic hydroxyl groups is 1. The highest BCUT2D eigenvalue weighted by molar-refractivity contribution is 6.05. The molecule has 0 saturated heterocycles. The lowest BCUT2D eigenvalue weighted by Gasteiger charge is -2.35. The molecule has 0 aliphatic carbocycles. The number of hydrogen-bond donors (Lipinski definition) is 1. The fourth-order valence-corrected chi connectivity index (χ4v) is 14.2. The van der Waals surface area contributed by atoms with Crippen molar-refractivity contribution < 1.29 is 14.3 Å². The van der Waals surface area contributed by atoms with Crippen molar-refractivity contribution in [3.63, 3.8) is 0 Å². The number of fused-ring (bicyclic) bond motifs is 9. The first-order valence-electron chi connectivity index (χ1n) is 28.0. The lowest BCUT2D eigenvalue weighted by molar-refractivity contribution is -0.401. The summed E-state index contributed by atoms with van der Waals surface area (Å²) in [4.78, 5) is 5.21. The van der Waals surface area contributed by atoms with E-state index in [1.807, 2.05) is 0 Å². The molecular formula is C70H78N4O+2. The SMILES string of the molecule is CCCCN1C(=CC=CC2=[N+](C)c3cc4ccccc4cc3C2(C)C)C(C)(CCC(O)CC2(C)C(=CC=CC3=[N+](C)c4ccccc4C3(C)C)N(CCCC)c3ccc4ccccc4c32)c2c1ccc1ccccc21. The van der Waals surface area contributed by atoms with Gasteiger partial charge in [0.15, 0.2) is 11.4 Å². The maximum absolute atomic E-state index is 13.0. The van der Waals surface area contributed by atoms with Crippen LogP contribution in [-0.2, 0) is 21.7 Å². The predicted octanol–water partition coefficient (Wildman–Crippen LogP) is 16.4. The molecule has 11 rings (SSSR count). The molecule has 4 aliphatic heterocycles. The summed E-state index contributed by atoms with van der Waals surface area (Å²) < 4.78 is 4.76. The predicted molar refractivity (Wildman–Crippen MR) is 320 cm³/mol. The first-order valence-corrected chi connectivity index (χ1v) is 28.0. The lowest BCUT2D eigenvalue weighted by Crippen LogP contribution is -2.34. The Morgan fingerprint density at radius 1 is 0.520 bits per heavy atom. The summed E-state index contributed by atoms with van der Waals surface area (Å²) in [6.07, 6.45) is 20.0. The third-order valence-electron chi connectivity index (χ3n) is 18.2. The van der Waals surface area contributed by atoms with E-state index >= 15 is 0 Å². The lowest BCUT2D eigenvalue weighted by atomic mass is 9.72. The van der Waals surface area contributed by atoms with Crippen LogP contribution in [0.5, 0.6) is 0 Å². The zero-order valence-corrected chi connectivity index (χ0v) is 46.3. The van der Waals surface area contributed by atoms with Gasteiger partial charge in [0.2, 0.25) is 11.4 Å². The summed E-state index contributed by atoms with van der Waals surface area (Å²) in [5.74, 6) is 0. The van der Waals surface area contributed by atoms with Crippen molar-refractivity contribution in [3.05, 3.63) is 204 Å². The van der Waals surface area contributed by atoms with Gasteiger partial charge < -0.3 is 14.9 Å². The number of nitrogens with zero attached hydrogens (tertiary/aromatic N) is 4. The van der Waals surface area contributed by atoms with Crippen molar-refractivity contribution in [3.8, 4) is 0 Å². The van der Waals surface area contributed by atoms with Crippen LogP contribution in [0.2, 0.25) is 0 Å². The monoisotopic (exact) mass is 991 g/mol. The van der Waals surface area contributed by atoms with Gasteiger partial charge in [-0.25, -0.2) is 0 Å². The Bertz CT molecular complexity index is 3600. The van der Waals surface area contributed by atoms with Gasteiger partial charge in [-0.15, -0.1) is 0 Å². The molecule has 0 radical (unpaired) electrons. The van der Waals surface area contributed by atoms with E-state index in [0.717, 1.165) is 45.2 Å². The quantitative estimate of drug-likeness (QED) is 0.104. The first kappa shape index (κ1) is 50.3. The van der Waals surface area contributed by atoms with Crippen LogP contribution in [-0.4, -0.2) is 59.0 Å². The molecule has 1 N–H and O–H groups in total. The molecule has 0 amide bonds. The minimum absolute atomic E-state index is 0.129. The molecular weight excluding hydrogens is 913 g/mol. The summed E-state index contributed by atoms with van der Waals surface area (Å²) in [6.45, 7) is 20.8. The topological polar surface area (TPSA) is 32.7 Å². The van der Waals surface area contributed by atoms with E-state index in [1.165, 1.54) is 100 Å². The van der Waals surface area contributed by atoms with Crippen LogP contribution in [0.4, 0.5) is 22.7 Å². The molecule has 4 aliphatic rings. The molecule has 3 atom stereocenters. The van der Waals surface area contributed by atoms with E-state index in [4.69, 9.17) is 0 Å². The number of para-hydroxylation sites is 1. The maximum atomic E-state index is 13.0. The minimum atomic E-state index is -0.571. The van der Waals surface area contributed by atoms with Crippen molar-refractivity contribution >= 4 is 66.5 Å². The molecule has 7 aromatic rings. The first-order chi connectivity index (χ1) is 36.1. The number of aliphatic hydroxyl groups excluding tert-OH is 1. The molecule has 0 aromatic heterocycles. The largest absolute Gasteiger partial charge is 0.393 e. The van der Waals surface area contributed by atoms with E-state index in [2.05, 4.69) is 258 Å². The fraction of sp³-hybridized carbons (Fsp3) is 0.343. The summed E-state index contributed by atoms with van der Waals surface area (Å²) in [5, 5.41) is 20.6. The van der Waals surface area contributed by atoms with Crippen LogP contribution < -0.4 is 9.80 Å². The Kier molecular flexibility index (Phi) is 13.0. The van der Waals surface area contributed by atoms with Crippen molar-refractivity contribution in [2.45, 2.75) is 128 Å². The van der Waals surface area contributed by atoms with Crippen LogP contribution in [0.1, 0.15) is 123 Å². The third kappa shape index (κ3) is 8.23. The average Bonchev–Trinajstić information content (AvgIpc) is 4.03. The Morgan fingerprint density at radius 3 is 1.55 bits per heavy atom. The van der Waals surface area contributed by atoms with Gasteiger partial charge in [-0.1, -0.05) is 142 Å². The number of unbranched alkanes of at least 4 members (excludes halogenated alkanes) is 2. The van der Waals surface area contributed by atoms with Gasteiger partial charge in [-0.3, -0.25) is 0 Å². The van der Waals surface area contributed by atoms with Gasteiger partial charge in [0.25, 0.3) is 0 Å². The van der Waals surface area contributed by atoms with E-state index in [-0.39, 0.29) is 16.2 Å². The van der Waals surface area contributed by atoms with Gasteiger partial charge in [0, 0.05) is 82.1 Å². The molecule has 0 bridgehead atoms. The maximum Gasteiger partial charge on any atom is 0.210 e. The van der Waals surface area contributed by atoms with Gasteiger partial charge in [0.05, 0.1) is 16.9 Å². The standard InChI is InChI=1S/C70H78N4O/c1-11-13-43-73-58-39-37-48-25-17-19-29-53(48)65(58)69(7,63(73)35-23-34-62-68(5,6)56-45-50-27-15-16-28-51(50)46-60(56)72(62)10)42-41-52(75)47-70(8)64(36-24-33-61-67(3,4)55-31-21-22-32-57(55)71(61)9)74(44-14-12-2)59-40-38-49-26-18-20-30-54(49)66(59)70/h15-40,45-46,52,75H,11-14,41-44,47H2,1-10H3/q+2. The van der Waals surface area contributed by atoms with Crippen molar-refractivity contribution in [1.82, 2.24) is 0 Å². The average molecular weight is 991 g/mol. The van der Waals surface area contributed by atoms with E-state index < -0.39 is 11.5 Å². The number of rotatable bonds is 15. The summed E-state index contributed by atoms with van der Waals surface area (Å²) in [5.41, 5.74) is 14.6. The van der Waals surface area contributed by atoms with Crippen LogP contribution in [0.25, 0.3) is 32.3 Å². The highest BCUT2D eigenvalue weighted by atomic mass is 16.3. The molecule has 4 heterocycles. The number of benzene rings is 7. The summed E-state index contributed by atoms with van der Waals surface area (Å²) in [7, 11) is 4.43. The minimum Gasteiger partial charge on any atom is -0.393 e. The van der Waals surface area contributed by atoms with Crippen molar-refractivity contribution in [1.29, 1.82) is 0 Å². The van der Waals surface area contributed by atoms with Gasteiger partial charge >= 0.3 is 0 Å². The molecule has 75 heavy (non-hydrogen) atoms. The molecule has 5 heteroatoms. The zero-order valence-electron chi connectivity index (χ0n) is 46.3. The highest BCUT2D eigenvalue weighted by Crippen LogP contribution is 2.56. The molecule has 382 valence electrons. The van der Waals surface area contributed by atoms with Crippen LogP contribution >= 0.6 is 0 Å². The van der Waals surface area contributed by atoms with Crippen molar-refractivity contribution in [2.75, 3.05) is 37.0 Å². The van der Waals surface area contributed by atoms with Gasteiger partial charge in [0.1, 0.15) is 14.1 Å². The molecule has 0 saturated carbocycles. The second kappa shape index (κ2) is 19.4. The Morgan fingerprint density at radius 2 is 0.987 bits per heavy atom. The highest BCUT2D eigenvalue weighted by Gasteiger charge is 2.49. The second-order valence-electron chi connectivity index (χ2n) is 23.6. The zero-order chi connectivity index (χ0) is 52.4. The van der Waals surface area contributed by atoms with Gasteiger partial charge in [-0.05, 0) is 147 Å². The molecule has 0 spiro atoms. The van der Waals surface area contributed by atoms with Gasteiger partial charge in [-0.2, -0.15) is 9.15 Å². The number of hydrogen-bond acceptors (Lipinski definition) is 3. The Hall–Kier alpha value is -6.82. The van der Waals surface area contributed by atoms with E-state index in [1.54, 1.807) is 0 Å². The van der Waals surface area contributed by atoms with E-state index in [9.17, 15) is 5.11 Å². The van der Waals surface area contributed by atoms with Crippen LogP contribution in [0, 0.1) is 0 Å². The van der Waals surface area contributed by atoms with Crippen molar-refractivity contribution in [2.24, 2.45) is 0 Å².